The third-order valence-corrected chi connectivity index (χ3v) is 4.97. The summed E-state index contributed by atoms with van der Waals surface area (Å²) in [6.07, 6.45) is 7.17. The first-order chi connectivity index (χ1) is 11.2. The fraction of sp³-hybridized carbons (Fsp3) is 0.526. The van der Waals surface area contributed by atoms with Crippen LogP contribution in [-0.4, -0.2) is 24.7 Å². The van der Waals surface area contributed by atoms with E-state index in [2.05, 4.69) is 23.3 Å². The number of aromatic amines is 1. The Morgan fingerprint density at radius 3 is 2.74 bits per heavy atom. The summed E-state index contributed by atoms with van der Waals surface area (Å²) in [5.41, 5.74) is 2.54. The summed E-state index contributed by atoms with van der Waals surface area (Å²) < 4.78 is 10.4. The van der Waals surface area contributed by atoms with Crippen LogP contribution in [0.15, 0.2) is 24.4 Å². The Bertz CT molecular complexity index is 668. The summed E-state index contributed by atoms with van der Waals surface area (Å²) in [6.45, 7) is 2.34. The first kappa shape index (κ1) is 15.9. The lowest BCUT2D eigenvalue weighted by Crippen LogP contribution is -2.17. The minimum absolute atomic E-state index is 0.0484. The molecule has 1 aliphatic rings. The number of hydrogen-bond donors (Lipinski definition) is 1. The van der Waals surface area contributed by atoms with Gasteiger partial charge in [0.1, 0.15) is 5.75 Å². The van der Waals surface area contributed by atoms with Crippen LogP contribution in [0.2, 0.25) is 0 Å². The molecule has 1 heterocycles. The Labute approximate surface area is 137 Å². The van der Waals surface area contributed by atoms with Crippen molar-refractivity contribution in [3.63, 3.8) is 0 Å². The fourth-order valence-electron chi connectivity index (χ4n) is 3.72. The number of methoxy groups -OCH3 is 1. The zero-order valence-corrected chi connectivity index (χ0v) is 13.9. The molecule has 1 saturated carbocycles. The third kappa shape index (κ3) is 3.52. The van der Waals surface area contributed by atoms with Crippen LogP contribution in [0.3, 0.4) is 0 Å². The number of carbonyl (C=O) groups is 1. The molecule has 1 aliphatic carbocycles. The molecule has 124 valence electrons. The number of aromatic nitrogens is 1. The number of benzene rings is 1. The highest BCUT2D eigenvalue weighted by atomic mass is 16.5. The Morgan fingerprint density at radius 1 is 1.26 bits per heavy atom. The standard InChI is InChI=1S/C19H25NO3/c1-3-23-19(21)10-13-4-6-14(7-5-13)17-12-20-18-9-8-15(22-2)11-16(17)18/h8-9,11-14,20H,3-7,10H2,1-2H3. The van der Waals surface area contributed by atoms with E-state index in [-0.39, 0.29) is 5.97 Å². The van der Waals surface area contributed by atoms with Crippen LogP contribution < -0.4 is 4.74 Å². The monoisotopic (exact) mass is 315 g/mol. The summed E-state index contributed by atoms with van der Waals surface area (Å²) in [4.78, 5) is 15.0. The molecule has 3 rings (SSSR count). The van der Waals surface area contributed by atoms with Crippen LogP contribution in [0, 0.1) is 5.92 Å². The SMILES string of the molecule is CCOC(=O)CC1CCC(c2c[nH]c3ccc(OC)cc23)CC1. The van der Waals surface area contributed by atoms with Gasteiger partial charge in [-0.25, -0.2) is 0 Å². The van der Waals surface area contributed by atoms with E-state index in [9.17, 15) is 4.79 Å². The first-order valence-electron chi connectivity index (χ1n) is 8.52. The van der Waals surface area contributed by atoms with Crippen molar-refractivity contribution >= 4 is 16.9 Å². The molecule has 0 unspecified atom stereocenters. The summed E-state index contributed by atoms with van der Waals surface area (Å²) in [5.74, 6) is 1.89. The topological polar surface area (TPSA) is 51.3 Å². The molecule has 0 spiro atoms. The highest BCUT2D eigenvalue weighted by molar-refractivity contribution is 5.85. The Balaban J connectivity index is 1.67. The van der Waals surface area contributed by atoms with Gasteiger partial charge in [0.25, 0.3) is 0 Å². The first-order valence-corrected chi connectivity index (χ1v) is 8.52. The molecule has 0 amide bonds. The van der Waals surface area contributed by atoms with Crippen molar-refractivity contribution < 1.29 is 14.3 Å². The normalized spacial score (nSPS) is 21.3. The van der Waals surface area contributed by atoms with E-state index in [1.165, 1.54) is 10.9 Å². The van der Waals surface area contributed by atoms with Gasteiger partial charge in [0.15, 0.2) is 0 Å². The van der Waals surface area contributed by atoms with E-state index in [0.29, 0.717) is 24.9 Å². The molecule has 0 radical (unpaired) electrons. The van der Waals surface area contributed by atoms with E-state index in [4.69, 9.17) is 9.47 Å². The molecule has 0 bridgehead atoms. The Morgan fingerprint density at radius 2 is 2.04 bits per heavy atom. The molecule has 0 atom stereocenters. The number of esters is 1. The Kier molecular flexibility index (Phi) is 4.89. The molecule has 1 aromatic heterocycles. The lowest BCUT2D eigenvalue weighted by Gasteiger charge is -2.28. The van der Waals surface area contributed by atoms with Gasteiger partial charge >= 0.3 is 5.97 Å². The van der Waals surface area contributed by atoms with Crippen molar-refractivity contribution in [2.45, 2.75) is 44.9 Å². The molecule has 1 aromatic carbocycles. The maximum atomic E-state index is 11.6. The van der Waals surface area contributed by atoms with Crippen molar-refractivity contribution in [3.8, 4) is 5.75 Å². The largest absolute Gasteiger partial charge is 0.497 e. The van der Waals surface area contributed by atoms with Crippen LogP contribution in [0.4, 0.5) is 0 Å². The number of ether oxygens (including phenoxy) is 2. The third-order valence-electron chi connectivity index (χ3n) is 4.97. The van der Waals surface area contributed by atoms with E-state index >= 15 is 0 Å². The van der Waals surface area contributed by atoms with Crippen molar-refractivity contribution in [1.82, 2.24) is 4.98 Å². The van der Waals surface area contributed by atoms with E-state index in [1.54, 1.807) is 7.11 Å². The molecule has 4 heteroatoms. The van der Waals surface area contributed by atoms with Crippen molar-refractivity contribution in [3.05, 3.63) is 30.0 Å². The molecule has 4 nitrogen and oxygen atoms in total. The fourth-order valence-corrected chi connectivity index (χ4v) is 3.72. The second-order valence-corrected chi connectivity index (χ2v) is 6.38. The van der Waals surface area contributed by atoms with Gasteiger partial charge < -0.3 is 14.5 Å². The van der Waals surface area contributed by atoms with Crippen molar-refractivity contribution in [2.24, 2.45) is 5.92 Å². The van der Waals surface area contributed by atoms with Crippen LogP contribution in [0.1, 0.15) is 50.5 Å². The van der Waals surface area contributed by atoms with Gasteiger partial charge in [-0.15, -0.1) is 0 Å². The molecule has 23 heavy (non-hydrogen) atoms. The summed E-state index contributed by atoms with van der Waals surface area (Å²) >= 11 is 0. The van der Waals surface area contributed by atoms with Gasteiger partial charge in [-0.1, -0.05) is 0 Å². The van der Waals surface area contributed by atoms with Crippen LogP contribution in [-0.2, 0) is 9.53 Å². The number of H-pyrrole nitrogens is 1. The number of nitrogens with one attached hydrogen (secondary N) is 1. The van der Waals surface area contributed by atoms with Crippen molar-refractivity contribution in [1.29, 1.82) is 0 Å². The van der Waals surface area contributed by atoms with E-state index < -0.39 is 0 Å². The summed E-state index contributed by atoms with van der Waals surface area (Å²) in [7, 11) is 1.70. The van der Waals surface area contributed by atoms with Crippen LogP contribution in [0.25, 0.3) is 10.9 Å². The highest BCUT2D eigenvalue weighted by Gasteiger charge is 2.26. The maximum Gasteiger partial charge on any atom is 0.306 e. The lowest BCUT2D eigenvalue weighted by molar-refractivity contribution is -0.144. The summed E-state index contributed by atoms with van der Waals surface area (Å²) in [5, 5.41) is 1.26. The molecule has 0 aliphatic heterocycles. The molecule has 0 saturated heterocycles. The number of rotatable bonds is 5. The quantitative estimate of drug-likeness (QED) is 0.832. The second-order valence-electron chi connectivity index (χ2n) is 6.38. The van der Waals surface area contributed by atoms with Gasteiger partial charge in [-0.05, 0) is 68.2 Å². The predicted molar refractivity (Wildman–Crippen MR) is 90.8 cm³/mol. The molecule has 2 aromatic rings. The van der Waals surface area contributed by atoms with E-state index in [1.807, 2.05) is 13.0 Å². The minimum atomic E-state index is -0.0484. The van der Waals surface area contributed by atoms with Crippen LogP contribution in [0.5, 0.6) is 5.75 Å². The van der Waals surface area contributed by atoms with E-state index in [0.717, 1.165) is 36.9 Å². The summed E-state index contributed by atoms with van der Waals surface area (Å²) in [6, 6.07) is 6.18. The van der Waals surface area contributed by atoms with Crippen LogP contribution >= 0.6 is 0 Å². The van der Waals surface area contributed by atoms with Gasteiger partial charge in [0.05, 0.1) is 13.7 Å². The predicted octanol–water partition coefficient (Wildman–Crippen LogP) is 4.40. The smallest absolute Gasteiger partial charge is 0.306 e. The van der Waals surface area contributed by atoms with Gasteiger partial charge in [-0.3, -0.25) is 4.79 Å². The zero-order valence-electron chi connectivity index (χ0n) is 13.9. The Hall–Kier alpha value is -1.97. The highest BCUT2D eigenvalue weighted by Crippen LogP contribution is 2.40. The lowest BCUT2D eigenvalue weighted by atomic mass is 9.77. The molecular formula is C19H25NO3. The maximum absolute atomic E-state index is 11.6. The number of carbonyl (C=O) groups excluding carboxylic acids is 1. The average Bonchev–Trinajstić information content (AvgIpc) is 2.98. The number of fused-ring (bicyclic) bond motifs is 1. The minimum Gasteiger partial charge on any atom is -0.497 e. The molecule has 1 fully saturated rings. The van der Waals surface area contributed by atoms with Crippen molar-refractivity contribution in [2.75, 3.05) is 13.7 Å². The molecule has 1 N–H and O–H groups in total. The van der Waals surface area contributed by atoms with Gasteiger partial charge in [0, 0.05) is 23.5 Å². The zero-order chi connectivity index (χ0) is 16.2. The number of hydrogen-bond acceptors (Lipinski definition) is 3. The average molecular weight is 315 g/mol. The second kappa shape index (κ2) is 7.07. The van der Waals surface area contributed by atoms with Gasteiger partial charge in [0.2, 0.25) is 0 Å². The van der Waals surface area contributed by atoms with Gasteiger partial charge in [-0.2, -0.15) is 0 Å². The molecular weight excluding hydrogens is 290 g/mol.